The SMILES string of the molecule is CC(C)c1ccccc1O[C@@H](C)C(=O)NCCSc1ccccc1. The van der Waals surface area contributed by atoms with E-state index in [2.05, 4.69) is 31.3 Å². The van der Waals surface area contributed by atoms with Crippen LogP contribution in [0.1, 0.15) is 32.3 Å². The summed E-state index contributed by atoms with van der Waals surface area (Å²) in [5.74, 6) is 1.90. The van der Waals surface area contributed by atoms with Crippen LogP contribution in [0.4, 0.5) is 0 Å². The number of hydrogen-bond acceptors (Lipinski definition) is 3. The highest BCUT2D eigenvalue weighted by Gasteiger charge is 2.16. The molecule has 24 heavy (non-hydrogen) atoms. The summed E-state index contributed by atoms with van der Waals surface area (Å²) in [5.41, 5.74) is 1.12. The number of ether oxygens (including phenoxy) is 1. The Morgan fingerprint density at radius 3 is 2.42 bits per heavy atom. The minimum absolute atomic E-state index is 0.0813. The van der Waals surface area contributed by atoms with Crippen LogP contribution in [0.25, 0.3) is 0 Å². The number of hydrogen-bond donors (Lipinski definition) is 1. The molecule has 0 fully saturated rings. The molecule has 1 amide bonds. The molecular formula is C20H25NO2S. The summed E-state index contributed by atoms with van der Waals surface area (Å²) in [7, 11) is 0. The Hall–Kier alpha value is -1.94. The Morgan fingerprint density at radius 1 is 1.04 bits per heavy atom. The Morgan fingerprint density at radius 2 is 1.71 bits per heavy atom. The van der Waals surface area contributed by atoms with E-state index in [-0.39, 0.29) is 5.91 Å². The average Bonchev–Trinajstić information content (AvgIpc) is 2.59. The van der Waals surface area contributed by atoms with Crippen LogP contribution in [-0.2, 0) is 4.79 Å². The van der Waals surface area contributed by atoms with E-state index >= 15 is 0 Å². The third-order valence-electron chi connectivity index (χ3n) is 3.63. The lowest BCUT2D eigenvalue weighted by Gasteiger charge is -2.18. The van der Waals surface area contributed by atoms with Crippen LogP contribution < -0.4 is 10.1 Å². The van der Waals surface area contributed by atoms with Gasteiger partial charge in [0.1, 0.15) is 5.75 Å². The summed E-state index contributed by atoms with van der Waals surface area (Å²) in [5, 5.41) is 2.94. The molecule has 0 bridgehead atoms. The molecule has 0 aliphatic carbocycles. The smallest absolute Gasteiger partial charge is 0.260 e. The maximum absolute atomic E-state index is 12.2. The molecule has 0 aromatic heterocycles. The summed E-state index contributed by atoms with van der Waals surface area (Å²) in [4.78, 5) is 13.4. The molecule has 0 spiro atoms. The quantitative estimate of drug-likeness (QED) is 0.567. The van der Waals surface area contributed by atoms with Gasteiger partial charge in [-0.15, -0.1) is 11.8 Å². The van der Waals surface area contributed by atoms with E-state index in [4.69, 9.17) is 4.74 Å². The maximum Gasteiger partial charge on any atom is 0.260 e. The van der Waals surface area contributed by atoms with E-state index in [0.717, 1.165) is 17.1 Å². The van der Waals surface area contributed by atoms with Crippen molar-refractivity contribution in [3.05, 3.63) is 60.2 Å². The monoisotopic (exact) mass is 343 g/mol. The molecule has 2 aromatic carbocycles. The largest absolute Gasteiger partial charge is 0.481 e. The lowest BCUT2D eigenvalue weighted by Crippen LogP contribution is -2.37. The summed E-state index contributed by atoms with van der Waals surface area (Å²) in [6.07, 6.45) is -0.508. The van der Waals surface area contributed by atoms with Crippen molar-refractivity contribution in [3.63, 3.8) is 0 Å². The van der Waals surface area contributed by atoms with Crippen molar-refractivity contribution in [1.82, 2.24) is 5.32 Å². The van der Waals surface area contributed by atoms with Crippen LogP contribution in [0.3, 0.4) is 0 Å². The van der Waals surface area contributed by atoms with E-state index in [1.807, 2.05) is 42.5 Å². The van der Waals surface area contributed by atoms with Crippen LogP contribution in [0.5, 0.6) is 5.75 Å². The van der Waals surface area contributed by atoms with E-state index in [1.54, 1.807) is 18.7 Å². The molecule has 0 aliphatic rings. The van der Waals surface area contributed by atoms with E-state index in [1.165, 1.54) is 4.90 Å². The fraction of sp³-hybridized carbons (Fsp3) is 0.350. The molecule has 0 saturated carbocycles. The highest BCUT2D eigenvalue weighted by molar-refractivity contribution is 7.99. The topological polar surface area (TPSA) is 38.3 Å². The van der Waals surface area contributed by atoms with Crippen molar-refractivity contribution < 1.29 is 9.53 Å². The second-order valence-corrected chi connectivity index (χ2v) is 7.07. The highest BCUT2D eigenvalue weighted by atomic mass is 32.2. The van der Waals surface area contributed by atoms with E-state index in [9.17, 15) is 4.79 Å². The summed E-state index contributed by atoms with van der Waals surface area (Å²) >= 11 is 1.73. The number of rotatable bonds is 8. The number of carbonyl (C=O) groups excluding carboxylic acids is 1. The lowest BCUT2D eigenvalue weighted by atomic mass is 10.0. The first kappa shape index (κ1) is 18.4. The molecule has 0 unspecified atom stereocenters. The zero-order valence-electron chi connectivity index (χ0n) is 14.5. The second-order valence-electron chi connectivity index (χ2n) is 5.91. The first-order valence-electron chi connectivity index (χ1n) is 8.29. The third-order valence-corrected chi connectivity index (χ3v) is 4.64. The number of benzene rings is 2. The van der Waals surface area contributed by atoms with Gasteiger partial charge >= 0.3 is 0 Å². The first-order chi connectivity index (χ1) is 11.6. The van der Waals surface area contributed by atoms with Gasteiger partial charge in [-0.3, -0.25) is 4.79 Å². The predicted molar refractivity (Wildman–Crippen MR) is 101 cm³/mol. The first-order valence-corrected chi connectivity index (χ1v) is 9.27. The van der Waals surface area contributed by atoms with Gasteiger partial charge in [0.05, 0.1) is 0 Å². The van der Waals surface area contributed by atoms with Crippen molar-refractivity contribution in [3.8, 4) is 5.75 Å². The summed E-state index contributed by atoms with van der Waals surface area (Å²) in [6, 6.07) is 18.1. The van der Waals surface area contributed by atoms with Gasteiger partial charge in [-0.2, -0.15) is 0 Å². The van der Waals surface area contributed by atoms with Crippen molar-refractivity contribution in [2.75, 3.05) is 12.3 Å². The van der Waals surface area contributed by atoms with Gasteiger partial charge in [-0.05, 0) is 36.6 Å². The van der Waals surface area contributed by atoms with Gasteiger partial charge in [0.15, 0.2) is 6.10 Å². The fourth-order valence-corrected chi connectivity index (χ4v) is 3.10. The molecule has 1 N–H and O–H groups in total. The molecular weight excluding hydrogens is 318 g/mol. The zero-order valence-corrected chi connectivity index (χ0v) is 15.3. The molecule has 0 radical (unpaired) electrons. The number of carbonyl (C=O) groups is 1. The van der Waals surface area contributed by atoms with Crippen LogP contribution >= 0.6 is 11.8 Å². The Kier molecular flexibility index (Phi) is 7.19. The van der Waals surface area contributed by atoms with E-state index in [0.29, 0.717) is 12.5 Å². The van der Waals surface area contributed by atoms with Crippen molar-refractivity contribution in [2.24, 2.45) is 0 Å². The maximum atomic E-state index is 12.2. The molecule has 4 heteroatoms. The van der Waals surface area contributed by atoms with Crippen LogP contribution in [-0.4, -0.2) is 24.3 Å². The molecule has 2 rings (SSSR count). The molecule has 1 atom stereocenters. The molecule has 0 saturated heterocycles. The normalized spacial score (nSPS) is 12.0. The lowest BCUT2D eigenvalue weighted by molar-refractivity contribution is -0.127. The van der Waals surface area contributed by atoms with E-state index < -0.39 is 6.10 Å². The van der Waals surface area contributed by atoms with Crippen LogP contribution in [0.2, 0.25) is 0 Å². The number of para-hydroxylation sites is 1. The minimum atomic E-state index is -0.508. The van der Waals surface area contributed by atoms with Gasteiger partial charge < -0.3 is 10.1 Å². The standard InChI is InChI=1S/C20H25NO2S/c1-15(2)18-11-7-8-12-19(18)23-16(3)20(22)21-13-14-24-17-9-5-4-6-10-17/h4-12,15-16H,13-14H2,1-3H3,(H,21,22)/t16-/m0/s1. The Bertz CT molecular complexity index is 643. The van der Waals surface area contributed by atoms with Gasteiger partial charge in [0.2, 0.25) is 0 Å². The second kappa shape index (κ2) is 9.38. The zero-order chi connectivity index (χ0) is 17.4. The van der Waals surface area contributed by atoms with Crippen LogP contribution in [0.15, 0.2) is 59.5 Å². The molecule has 3 nitrogen and oxygen atoms in total. The third kappa shape index (κ3) is 5.60. The summed E-state index contributed by atoms with van der Waals surface area (Å²) < 4.78 is 5.87. The Labute approximate surface area is 148 Å². The van der Waals surface area contributed by atoms with Crippen molar-refractivity contribution >= 4 is 17.7 Å². The van der Waals surface area contributed by atoms with Gasteiger partial charge in [0, 0.05) is 17.2 Å². The minimum Gasteiger partial charge on any atom is -0.481 e. The molecule has 2 aromatic rings. The fourth-order valence-electron chi connectivity index (χ4n) is 2.31. The van der Waals surface area contributed by atoms with Crippen molar-refractivity contribution in [2.45, 2.75) is 37.7 Å². The molecule has 0 aliphatic heterocycles. The molecule has 0 heterocycles. The molecule has 128 valence electrons. The number of nitrogens with one attached hydrogen (secondary N) is 1. The van der Waals surface area contributed by atoms with Gasteiger partial charge in [-0.1, -0.05) is 50.2 Å². The van der Waals surface area contributed by atoms with Gasteiger partial charge in [-0.25, -0.2) is 0 Å². The number of amides is 1. The highest BCUT2D eigenvalue weighted by Crippen LogP contribution is 2.26. The Balaban J connectivity index is 1.78. The number of thioether (sulfide) groups is 1. The average molecular weight is 343 g/mol. The summed E-state index contributed by atoms with van der Waals surface area (Å²) in [6.45, 7) is 6.65. The van der Waals surface area contributed by atoms with Gasteiger partial charge in [0.25, 0.3) is 5.91 Å². The van der Waals surface area contributed by atoms with Crippen LogP contribution in [0, 0.1) is 0 Å². The predicted octanol–water partition coefficient (Wildman–Crippen LogP) is 4.49. The van der Waals surface area contributed by atoms with Crippen molar-refractivity contribution in [1.29, 1.82) is 0 Å².